The second kappa shape index (κ2) is 6.94. The highest BCUT2D eigenvalue weighted by molar-refractivity contribution is 7.19. The molecular formula is C17H23N3O3S. The molecule has 7 heteroatoms. The monoisotopic (exact) mass is 349 g/mol. The Bertz CT molecular complexity index is 759. The van der Waals surface area contributed by atoms with Gasteiger partial charge in [0.1, 0.15) is 5.69 Å². The van der Waals surface area contributed by atoms with E-state index in [-0.39, 0.29) is 17.9 Å². The van der Waals surface area contributed by atoms with Crippen molar-refractivity contribution < 1.29 is 14.3 Å². The summed E-state index contributed by atoms with van der Waals surface area (Å²) in [6.07, 6.45) is 0.876. The maximum atomic E-state index is 12.9. The number of carbonyl (C=O) groups is 2. The van der Waals surface area contributed by atoms with E-state index in [2.05, 4.69) is 10.3 Å². The van der Waals surface area contributed by atoms with E-state index in [1.165, 1.54) is 0 Å². The molecule has 2 aromatic heterocycles. The number of fused-ring (bicyclic) bond motifs is 1. The molecule has 0 aliphatic carbocycles. The molecule has 1 saturated heterocycles. The van der Waals surface area contributed by atoms with Crippen molar-refractivity contribution in [3.63, 3.8) is 0 Å². The number of morpholine rings is 1. The Hall–Kier alpha value is -1.86. The summed E-state index contributed by atoms with van der Waals surface area (Å²) in [6, 6.07) is 1.95. The van der Waals surface area contributed by atoms with E-state index < -0.39 is 0 Å². The van der Waals surface area contributed by atoms with Crippen LogP contribution in [0.3, 0.4) is 0 Å². The number of ether oxygens (including phenoxy) is 1. The summed E-state index contributed by atoms with van der Waals surface area (Å²) in [7, 11) is 0. The van der Waals surface area contributed by atoms with Crippen molar-refractivity contribution in [2.75, 3.05) is 26.3 Å². The first-order valence-electron chi connectivity index (χ1n) is 8.31. The lowest BCUT2D eigenvalue weighted by Crippen LogP contribution is -2.40. The van der Waals surface area contributed by atoms with Crippen LogP contribution in [-0.4, -0.2) is 54.0 Å². The van der Waals surface area contributed by atoms with Gasteiger partial charge >= 0.3 is 0 Å². The maximum absolute atomic E-state index is 12.9. The minimum absolute atomic E-state index is 0.0118. The number of nitrogens with zero attached hydrogens (tertiary/aromatic N) is 1. The van der Waals surface area contributed by atoms with E-state index >= 15 is 0 Å². The number of rotatable bonds is 4. The molecule has 0 aromatic carbocycles. The van der Waals surface area contributed by atoms with Gasteiger partial charge < -0.3 is 19.9 Å². The second-order valence-electron chi connectivity index (χ2n) is 6.14. The minimum Gasteiger partial charge on any atom is -0.378 e. The molecule has 0 spiro atoms. The SMILES string of the molecule is CCC(C)NC(=O)c1cc2sc(C)c(C(=O)N3CCOCC3)c2[nH]1. The van der Waals surface area contributed by atoms with Crippen LogP contribution in [0.5, 0.6) is 0 Å². The van der Waals surface area contributed by atoms with Crippen LogP contribution in [0.1, 0.15) is 46.0 Å². The van der Waals surface area contributed by atoms with E-state index in [1.807, 2.05) is 31.7 Å². The average Bonchev–Trinajstić information content (AvgIpc) is 3.11. The number of H-pyrrole nitrogens is 1. The van der Waals surface area contributed by atoms with Gasteiger partial charge in [-0.3, -0.25) is 9.59 Å². The molecule has 0 bridgehead atoms. The topological polar surface area (TPSA) is 74.4 Å². The van der Waals surface area contributed by atoms with Gasteiger partial charge in [0.25, 0.3) is 11.8 Å². The molecule has 2 N–H and O–H groups in total. The summed E-state index contributed by atoms with van der Waals surface area (Å²) in [6.45, 7) is 8.32. The molecule has 6 nitrogen and oxygen atoms in total. The summed E-state index contributed by atoms with van der Waals surface area (Å²) in [4.78, 5) is 31.1. The van der Waals surface area contributed by atoms with E-state index in [1.54, 1.807) is 11.3 Å². The molecule has 130 valence electrons. The summed E-state index contributed by atoms with van der Waals surface area (Å²) in [5.41, 5.74) is 1.95. The first-order valence-corrected chi connectivity index (χ1v) is 9.13. The van der Waals surface area contributed by atoms with Gasteiger partial charge in [0.2, 0.25) is 0 Å². The van der Waals surface area contributed by atoms with Gasteiger partial charge in [-0.15, -0.1) is 11.3 Å². The number of hydrogen-bond acceptors (Lipinski definition) is 4. The number of aromatic nitrogens is 1. The van der Waals surface area contributed by atoms with Gasteiger partial charge in [-0.2, -0.15) is 0 Å². The molecule has 24 heavy (non-hydrogen) atoms. The van der Waals surface area contributed by atoms with Gasteiger partial charge in [-0.1, -0.05) is 6.92 Å². The third kappa shape index (κ3) is 3.18. The van der Waals surface area contributed by atoms with Crippen LogP contribution in [0.15, 0.2) is 6.07 Å². The van der Waals surface area contributed by atoms with E-state index in [4.69, 9.17) is 4.74 Å². The smallest absolute Gasteiger partial charge is 0.267 e. The van der Waals surface area contributed by atoms with Crippen molar-refractivity contribution in [1.29, 1.82) is 0 Å². The van der Waals surface area contributed by atoms with E-state index in [0.717, 1.165) is 21.5 Å². The Morgan fingerprint density at radius 3 is 2.79 bits per heavy atom. The highest BCUT2D eigenvalue weighted by atomic mass is 32.1. The maximum Gasteiger partial charge on any atom is 0.267 e. The molecule has 1 atom stereocenters. The molecule has 1 aliphatic heterocycles. The number of aryl methyl sites for hydroxylation is 1. The Kier molecular flexibility index (Phi) is 4.91. The zero-order chi connectivity index (χ0) is 17.3. The number of aromatic amines is 1. The van der Waals surface area contributed by atoms with Crippen LogP contribution in [0.4, 0.5) is 0 Å². The summed E-state index contributed by atoms with van der Waals surface area (Å²) in [5, 5.41) is 2.95. The molecule has 0 radical (unpaired) electrons. The lowest BCUT2D eigenvalue weighted by Gasteiger charge is -2.26. The van der Waals surface area contributed by atoms with Crippen LogP contribution in [0.25, 0.3) is 10.2 Å². The summed E-state index contributed by atoms with van der Waals surface area (Å²) >= 11 is 1.54. The van der Waals surface area contributed by atoms with Crippen LogP contribution >= 0.6 is 11.3 Å². The van der Waals surface area contributed by atoms with Crippen molar-refractivity contribution >= 4 is 33.4 Å². The Morgan fingerprint density at radius 1 is 1.42 bits per heavy atom. The molecule has 3 rings (SSSR count). The predicted molar refractivity (Wildman–Crippen MR) is 94.9 cm³/mol. The average molecular weight is 349 g/mol. The van der Waals surface area contributed by atoms with Crippen molar-refractivity contribution in [1.82, 2.24) is 15.2 Å². The fraction of sp³-hybridized carbons (Fsp3) is 0.529. The number of hydrogen-bond donors (Lipinski definition) is 2. The molecular weight excluding hydrogens is 326 g/mol. The molecule has 3 heterocycles. The normalized spacial score (nSPS) is 16.4. The zero-order valence-electron chi connectivity index (χ0n) is 14.3. The van der Waals surface area contributed by atoms with Crippen molar-refractivity contribution in [2.24, 2.45) is 0 Å². The van der Waals surface area contributed by atoms with Crippen LogP contribution in [-0.2, 0) is 4.74 Å². The minimum atomic E-state index is -0.129. The van der Waals surface area contributed by atoms with Crippen LogP contribution in [0.2, 0.25) is 0 Å². The first-order chi connectivity index (χ1) is 11.5. The first kappa shape index (κ1) is 17.0. The Morgan fingerprint density at radius 2 is 2.12 bits per heavy atom. The second-order valence-corrected chi connectivity index (χ2v) is 7.40. The largest absolute Gasteiger partial charge is 0.378 e. The summed E-state index contributed by atoms with van der Waals surface area (Å²) in [5.74, 6) is -0.118. The predicted octanol–water partition coefficient (Wildman–Crippen LogP) is 2.54. The van der Waals surface area contributed by atoms with Crippen molar-refractivity contribution in [3.05, 3.63) is 22.2 Å². The molecule has 0 saturated carbocycles. The molecule has 1 aliphatic rings. The number of carbonyl (C=O) groups excluding carboxylic acids is 2. The molecule has 1 unspecified atom stereocenters. The molecule has 2 amide bonds. The van der Waals surface area contributed by atoms with Gasteiger partial charge in [-0.05, 0) is 26.3 Å². The van der Waals surface area contributed by atoms with Crippen molar-refractivity contribution in [3.8, 4) is 0 Å². The molecule has 1 fully saturated rings. The van der Waals surface area contributed by atoms with Gasteiger partial charge in [0.15, 0.2) is 0 Å². The number of nitrogens with one attached hydrogen (secondary N) is 2. The van der Waals surface area contributed by atoms with Gasteiger partial charge in [0, 0.05) is 24.0 Å². The van der Waals surface area contributed by atoms with Gasteiger partial charge in [-0.25, -0.2) is 0 Å². The van der Waals surface area contributed by atoms with E-state index in [9.17, 15) is 9.59 Å². The number of thiophene rings is 1. The Balaban J connectivity index is 1.89. The zero-order valence-corrected chi connectivity index (χ0v) is 15.1. The third-order valence-electron chi connectivity index (χ3n) is 4.39. The summed E-state index contributed by atoms with van der Waals surface area (Å²) < 4.78 is 6.26. The fourth-order valence-electron chi connectivity index (χ4n) is 2.80. The highest BCUT2D eigenvalue weighted by Crippen LogP contribution is 2.32. The van der Waals surface area contributed by atoms with Crippen LogP contribution < -0.4 is 5.32 Å². The standard InChI is InChI=1S/C17H23N3O3S/c1-4-10(2)18-16(21)12-9-13-15(19-12)14(11(3)24-13)17(22)20-5-7-23-8-6-20/h9-10,19H,4-8H2,1-3H3,(H,18,21). The Labute approximate surface area is 145 Å². The van der Waals surface area contributed by atoms with Gasteiger partial charge in [0.05, 0.1) is 29.0 Å². The lowest BCUT2D eigenvalue weighted by atomic mass is 10.2. The van der Waals surface area contributed by atoms with E-state index in [0.29, 0.717) is 37.6 Å². The fourth-order valence-corrected chi connectivity index (χ4v) is 3.86. The number of amides is 2. The van der Waals surface area contributed by atoms with Crippen molar-refractivity contribution in [2.45, 2.75) is 33.2 Å². The lowest BCUT2D eigenvalue weighted by molar-refractivity contribution is 0.0304. The van der Waals surface area contributed by atoms with Crippen LogP contribution in [0, 0.1) is 6.92 Å². The molecule has 2 aromatic rings. The quantitative estimate of drug-likeness (QED) is 0.891. The highest BCUT2D eigenvalue weighted by Gasteiger charge is 2.25. The third-order valence-corrected chi connectivity index (χ3v) is 5.45.